The van der Waals surface area contributed by atoms with Crippen LogP contribution in [-0.2, 0) is 9.47 Å². The Hall–Kier alpha value is -3.17. The van der Waals surface area contributed by atoms with Crippen LogP contribution in [-0.4, -0.2) is 50.6 Å². The third-order valence-corrected chi connectivity index (χ3v) is 5.03. The van der Waals surface area contributed by atoms with E-state index in [9.17, 15) is 14.0 Å². The summed E-state index contributed by atoms with van der Waals surface area (Å²) in [5.74, 6) is -0.469. The lowest BCUT2D eigenvalue weighted by molar-refractivity contribution is 0.144. The third kappa shape index (κ3) is 3.62. The monoisotopic (exact) mass is 400 g/mol. The van der Waals surface area contributed by atoms with Gasteiger partial charge in [0.05, 0.1) is 18.8 Å². The van der Waals surface area contributed by atoms with Crippen LogP contribution in [0.4, 0.5) is 25.4 Å². The van der Waals surface area contributed by atoms with Crippen molar-refractivity contribution in [3.05, 3.63) is 48.3 Å². The van der Waals surface area contributed by atoms with Gasteiger partial charge in [-0.15, -0.1) is 0 Å². The van der Waals surface area contributed by atoms with E-state index < -0.39 is 24.1 Å². The number of nitrogens with two attached hydrogens (primary N) is 2. The maximum atomic E-state index is 14.8. The van der Waals surface area contributed by atoms with Crippen molar-refractivity contribution in [1.29, 1.82) is 0 Å². The summed E-state index contributed by atoms with van der Waals surface area (Å²) in [5, 5.41) is 0. The van der Waals surface area contributed by atoms with E-state index in [2.05, 4.69) is 0 Å². The first kappa shape index (κ1) is 19.2. The fraction of sp³-hybridized carbons (Fsp3) is 0.300. The molecule has 2 heterocycles. The predicted octanol–water partition coefficient (Wildman–Crippen LogP) is 2.06. The predicted molar refractivity (Wildman–Crippen MR) is 105 cm³/mol. The average Bonchev–Trinajstić information content (AvgIpc) is 3.30. The Bertz CT molecular complexity index is 937. The molecule has 2 saturated heterocycles. The van der Waals surface area contributed by atoms with Gasteiger partial charge in [-0.05, 0) is 35.9 Å². The number of benzene rings is 2. The van der Waals surface area contributed by atoms with Crippen molar-refractivity contribution in [2.24, 2.45) is 11.5 Å². The van der Waals surface area contributed by atoms with Crippen molar-refractivity contribution in [3.63, 3.8) is 0 Å². The van der Waals surface area contributed by atoms with Gasteiger partial charge < -0.3 is 20.9 Å². The van der Waals surface area contributed by atoms with E-state index in [1.54, 1.807) is 36.4 Å². The highest BCUT2D eigenvalue weighted by molar-refractivity contribution is 5.91. The molecule has 4 N–H and O–H groups in total. The molecule has 4 rings (SSSR count). The summed E-state index contributed by atoms with van der Waals surface area (Å²) in [7, 11) is 0. The molecule has 0 spiro atoms. The van der Waals surface area contributed by atoms with Gasteiger partial charge in [-0.2, -0.15) is 0 Å². The number of carbonyl (C=O) groups excluding carboxylic acids is 2. The van der Waals surface area contributed by atoms with Crippen molar-refractivity contribution < 1.29 is 23.5 Å². The normalized spacial score (nSPS) is 21.5. The number of hydrogen-bond acceptors (Lipinski definition) is 6. The molecular weight excluding hydrogens is 379 g/mol. The zero-order chi connectivity index (χ0) is 20.5. The lowest BCUT2D eigenvalue weighted by atomic mass is 10.0. The van der Waals surface area contributed by atoms with Crippen molar-refractivity contribution in [2.75, 3.05) is 36.0 Å². The molecule has 0 aliphatic carbocycles. The summed E-state index contributed by atoms with van der Waals surface area (Å²) in [6.45, 7) is 1.15. The van der Waals surface area contributed by atoms with E-state index in [1.165, 1.54) is 15.9 Å². The fourth-order valence-electron chi connectivity index (χ4n) is 3.44. The Morgan fingerprint density at radius 2 is 1.38 bits per heavy atom. The van der Waals surface area contributed by atoms with E-state index in [1.807, 2.05) is 0 Å². The summed E-state index contributed by atoms with van der Waals surface area (Å²) in [4.78, 5) is 26.7. The number of nitrogens with zero attached hydrogens (tertiary/aromatic N) is 2. The molecular formula is C20H21FN4O4. The summed E-state index contributed by atoms with van der Waals surface area (Å²) >= 11 is 0. The third-order valence-electron chi connectivity index (χ3n) is 5.03. The minimum absolute atomic E-state index is 0.214. The Morgan fingerprint density at radius 3 is 1.86 bits per heavy atom. The smallest absolute Gasteiger partial charge is 0.414 e. The average molecular weight is 400 g/mol. The molecule has 9 heteroatoms. The quantitative estimate of drug-likeness (QED) is 0.795. The van der Waals surface area contributed by atoms with Gasteiger partial charge in [-0.1, -0.05) is 12.1 Å². The Kier molecular flexibility index (Phi) is 5.08. The Morgan fingerprint density at radius 1 is 0.862 bits per heavy atom. The number of amides is 2. The van der Waals surface area contributed by atoms with Gasteiger partial charge in [-0.25, -0.2) is 14.0 Å². The lowest BCUT2D eigenvalue weighted by Crippen LogP contribution is -2.27. The van der Waals surface area contributed by atoms with Crippen LogP contribution in [0, 0.1) is 5.82 Å². The molecule has 0 aromatic heterocycles. The summed E-state index contributed by atoms with van der Waals surface area (Å²) in [6.07, 6.45) is -1.71. The number of ether oxygens (including phenoxy) is 2. The summed E-state index contributed by atoms with van der Waals surface area (Å²) < 4.78 is 25.0. The second kappa shape index (κ2) is 7.69. The van der Waals surface area contributed by atoms with Crippen LogP contribution in [0.3, 0.4) is 0 Å². The molecule has 152 valence electrons. The largest absolute Gasteiger partial charge is 0.443 e. The van der Waals surface area contributed by atoms with Crippen LogP contribution in [0.2, 0.25) is 0 Å². The number of hydrogen-bond donors (Lipinski definition) is 2. The van der Waals surface area contributed by atoms with Crippen LogP contribution in [0.15, 0.2) is 42.5 Å². The zero-order valence-corrected chi connectivity index (χ0v) is 15.6. The first-order valence-electron chi connectivity index (χ1n) is 9.26. The number of cyclic esters (lactones) is 2. The van der Waals surface area contributed by atoms with Crippen LogP contribution >= 0.6 is 0 Å². The van der Waals surface area contributed by atoms with Crippen LogP contribution in [0.1, 0.15) is 0 Å². The second-order valence-corrected chi connectivity index (χ2v) is 6.92. The SMILES string of the molecule is NC[C@H]1CN(c2ccc(-c3ccc(N4C[C@H](CN)OC4=O)cc3F)cc2)C(=O)O1. The molecule has 2 aliphatic rings. The van der Waals surface area contributed by atoms with Crippen LogP contribution in [0.25, 0.3) is 11.1 Å². The number of halogens is 1. The fourth-order valence-corrected chi connectivity index (χ4v) is 3.44. The van der Waals surface area contributed by atoms with E-state index in [-0.39, 0.29) is 19.2 Å². The van der Waals surface area contributed by atoms with Crippen molar-refractivity contribution in [2.45, 2.75) is 12.2 Å². The maximum absolute atomic E-state index is 14.8. The maximum Gasteiger partial charge on any atom is 0.414 e. The van der Waals surface area contributed by atoms with Crippen LogP contribution < -0.4 is 21.3 Å². The molecule has 0 bridgehead atoms. The van der Waals surface area contributed by atoms with Gasteiger partial charge in [0.15, 0.2) is 0 Å². The number of rotatable bonds is 5. The topological polar surface area (TPSA) is 111 Å². The molecule has 2 aromatic carbocycles. The molecule has 2 amide bonds. The first-order chi connectivity index (χ1) is 14.0. The van der Waals surface area contributed by atoms with Gasteiger partial charge in [-0.3, -0.25) is 9.80 Å². The highest BCUT2D eigenvalue weighted by Crippen LogP contribution is 2.31. The molecule has 2 aromatic rings. The molecule has 0 saturated carbocycles. The van der Waals surface area contributed by atoms with E-state index in [0.717, 1.165) is 0 Å². The molecule has 0 unspecified atom stereocenters. The molecule has 8 nitrogen and oxygen atoms in total. The van der Waals surface area contributed by atoms with Gasteiger partial charge in [0.1, 0.15) is 18.0 Å². The van der Waals surface area contributed by atoms with Gasteiger partial charge in [0.25, 0.3) is 0 Å². The van der Waals surface area contributed by atoms with Crippen LogP contribution in [0.5, 0.6) is 0 Å². The zero-order valence-electron chi connectivity index (χ0n) is 15.6. The first-order valence-corrected chi connectivity index (χ1v) is 9.26. The number of carbonyl (C=O) groups is 2. The van der Waals surface area contributed by atoms with E-state index in [4.69, 9.17) is 20.9 Å². The Balaban J connectivity index is 1.53. The van der Waals surface area contributed by atoms with Crippen molar-refractivity contribution in [3.8, 4) is 11.1 Å². The molecule has 2 aliphatic heterocycles. The summed E-state index contributed by atoms with van der Waals surface area (Å²) in [5.41, 5.74) is 13.2. The van der Waals surface area contributed by atoms with Crippen molar-refractivity contribution in [1.82, 2.24) is 0 Å². The standard InChI is InChI=1S/C20H21FN4O4/c21-18-7-14(25-11-16(9-23)29-20(25)27)5-6-17(18)12-1-3-13(4-2-12)24-10-15(8-22)28-19(24)26/h1-7,15-16H,8-11,22-23H2/t15-,16-/m0/s1. The van der Waals surface area contributed by atoms with Gasteiger partial charge in [0, 0.05) is 24.3 Å². The minimum atomic E-state index is -0.537. The van der Waals surface area contributed by atoms with E-state index in [0.29, 0.717) is 35.6 Å². The second-order valence-electron chi connectivity index (χ2n) is 6.92. The molecule has 2 fully saturated rings. The highest BCUT2D eigenvalue weighted by atomic mass is 19.1. The van der Waals surface area contributed by atoms with Gasteiger partial charge >= 0.3 is 12.2 Å². The van der Waals surface area contributed by atoms with Crippen molar-refractivity contribution >= 4 is 23.6 Å². The molecule has 0 radical (unpaired) electrons. The number of anilines is 2. The highest BCUT2D eigenvalue weighted by Gasteiger charge is 2.32. The summed E-state index contributed by atoms with van der Waals surface area (Å²) in [6, 6.07) is 11.5. The lowest BCUT2D eigenvalue weighted by Gasteiger charge is -2.15. The Labute approximate surface area is 166 Å². The molecule has 29 heavy (non-hydrogen) atoms. The van der Waals surface area contributed by atoms with E-state index >= 15 is 0 Å². The minimum Gasteiger partial charge on any atom is -0.443 e. The van der Waals surface area contributed by atoms with Gasteiger partial charge in [0.2, 0.25) is 0 Å². The molecule has 2 atom stereocenters.